The van der Waals surface area contributed by atoms with E-state index < -0.39 is 6.16 Å². The molecule has 0 fully saturated rings. The van der Waals surface area contributed by atoms with E-state index in [-0.39, 0.29) is 0 Å². The predicted octanol–water partition coefficient (Wildman–Crippen LogP) is 2.11. The SMILES string of the molecule is CC.CC.OC1(O)Oc2ccccc2O1. The average Bonchev–Trinajstić information content (AvgIpc) is 2.57. The maximum Gasteiger partial charge on any atom is 0.505 e. The van der Waals surface area contributed by atoms with Crippen molar-refractivity contribution < 1.29 is 19.7 Å². The highest BCUT2D eigenvalue weighted by molar-refractivity contribution is 5.41. The van der Waals surface area contributed by atoms with Crippen molar-refractivity contribution in [3.8, 4) is 11.5 Å². The Kier molecular flexibility index (Phi) is 5.74. The third kappa shape index (κ3) is 3.77. The molecule has 1 heterocycles. The lowest BCUT2D eigenvalue weighted by Gasteiger charge is -2.10. The number of hydrogen-bond donors (Lipinski definition) is 2. The third-order valence-corrected chi connectivity index (χ3v) is 1.33. The molecule has 4 heteroatoms. The molecule has 15 heavy (non-hydrogen) atoms. The van der Waals surface area contributed by atoms with Gasteiger partial charge in [0.25, 0.3) is 0 Å². The highest BCUT2D eigenvalue weighted by atomic mass is 17.0. The van der Waals surface area contributed by atoms with Crippen LogP contribution in [0, 0.1) is 0 Å². The van der Waals surface area contributed by atoms with Crippen molar-refractivity contribution in [2.24, 2.45) is 0 Å². The quantitative estimate of drug-likeness (QED) is 0.649. The minimum absolute atomic E-state index is 0.331. The Balaban J connectivity index is 0.000000442. The minimum Gasteiger partial charge on any atom is -0.403 e. The smallest absolute Gasteiger partial charge is 0.403 e. The summed E-state index contributed by atoms with van der Waals surface area (Å²) in [5, 5.41) is 17.7. The second-order valence-corrected chi connectivity index (χ2v) is 2.20. The van der Waals surface area contributed by atoms with Crippen molar-refractivity contribution in [2.75, 3.05) is 0 Å². The van der Waals surface area contributed by atoms with Gasteiger partial charge in [-0.05, 0) is 12.1 Å². The first kappa shape index (κ1) is 13.7. The molecule has 1 aromatic carbocycles. The molecular formula is C11H18O4. The summed E-state index contributed by atoms with van der Waals surface area (Å²) in [6.07, 6.45) is -2.50. The lowest BCUT2D eigenvalue weighted by atomic mass is 10.3. The summed E-state index contributed by atoms with van der Waals surface area (Å²) in [6, 6.07) is 6.60. The minimum atomic E-state index is -2.50. The van der Waals surface area contributed by atoms with Crippen LogP contribution in [0.5, 0.6) is 11.5 Å². The van der Waals surface area contributed by atoms with E-state index >= 15 is 0 Å². The standard InChI is InChI=1S/C7H6O4.2C2H6/c8-7(9)10-5-3-1-2-4-6(5)11-7;2*1-2/h1-4,8-9H;2*1-2H3. The monoisotopic (exact) mass is 214 g/mol. The van der Waals surface area contributed by atoms with Gasteiger partial charge in [0.15, 0.2) is 11.5 Å². The van der Waals surface area contributed by atoms with Crippen molar-refractivity contribution in [3.05, 3.63) is 24.3 Å². The zero-order valence-corrected chi connectivity index (χ0v) is 9.52. The summed E-state index contributed by atoms with van der Waals surface area (Å²) in [5.74, 6) is 0.662. The summed E-state index contributed by atoms with van der Waals surface area (Å²) >= 11 is 0. The number of aliphatic hydroxyl groups is 2. The molecule has 0 bridgehead atoms. The van der Waals surface area contributed by atoms with Crippen molar-refractivity contribution in [3.63, 3.8) is 0 Å². The molecule has 0 amide bonds. The van der Waals surface area contributed by atoms with Crippen molar-refractivity contribution >= 4 is 0 Å². The van der Waals surface area contributed by atoms with Crippen molar-refractivity contribution in [1.29, 1.82) is 0 Å². The second-order valence-electron chi connectivity index (χ2n) is 2.20. The van der Waals surface area contributed by atoms with Crippen molar-refractivity contribution in [1.82, 2.24) is 0 Å². The first-order valence-corrected chi connectivity index (χ1v) is 5.09. The van der Waals surface area contributed by atoms with Gasteiger partial charge in [-0.3, -0.25) is 10.2 Å². The second kappa shape index (κ2) is 6.27. The van der Waals surface area contributed by atoms with Gasteiger partial charge >= 0.3 is 6.16 Å². The normalized spacial score (nSPS) is 14.3. The molecule has 0 radical (unpaired) electrons. The van der Waals surface area contributed by atoms with Crippen LogP contribution in [0.25, 0.3) is 0 Å². The van der Waals surface area contributed by atoms with Gasteiger partial charge in [-0.1, -0.05) is 39.8 Å². The van der Waals surface area contributed by atoms with Crippen LogP contribution in [0.3, 0.4) is 0 Å². The van der Waals surface area contributed by atoms with E-state index in [2.05, 4.69) is 9.47 Å². The first-order chi connectivity index (χ1) is 7.17. The van der Waals surface area contributed by atoms with E-state index in [0.29, 0.717) is 11.5 Å². The lowest BCUT2D eigenvalue weighted by molar-refractivity contribution is -0.385. The lowest BCUT2D eigenvalue weighted by Crippen LogP contribution is -2.37. The van der Waals surface area contributed by atoms with Crippen LogP contribution in [-0.4, -0.2) is 16.4 Å². The van der Waals surface area contributed by atoms with E-state index in [1.54, 1.807) is 24.3 Å². The molecule has 0 unspecified atom stereocenters. The number of para-hydroxylation sites is 2. The molecule has 0 saturated carbocycles. The molecule has 1 aliphatic heterocycles. The highest BCUT2D eigenvalue weighted by Gasteiger charge is 2.37. The van der Waals surface area contributed by atoms with Crippen LogP contribution in [0.15, 0.2) is 24.3 Å². The molecular weight excluding hydrogens is 196 g/mol. The summed E-state index contributed by atoms with van der Waals surface area (Å²) in [4.78, 5) is 0. The zero-order valence-electron chi connectivity index (χ0n) is 9.52. The zero-order chi connectivity index (χ0) is 11.9. The van der Waals surface area contributed by atoms with Gasteiger partial charge in [0.05, 0.1) is 0 Å². The summed E-state index contributed by atoms with van der Waals surface area (Å²) in [7, 11) is 0. The molecule has 86 valence electrons. The topological polar surface area (TPSA) is 58.9 Å². The molecule has 2 rings (SSSR count). The van der Waals surface area contributed by atoms with Crippen LogP contribution in [0.1, 0.15) is 27.7 Å². The molecule has 1 aliphatic rings. The van der Waals surface area contributed by atoms with Gasteiger partial charge in [-0.2, -0.15) is 0 Å². The molecule has 0 atom stereocenters. The van der Waals surface area contributed by atoms with Crippen LogP contribution < -0.4 is 9.47 Å². The molecule has 0 saturated heterocycles. The Bertz CT molecular complexity index is 257. The maximum atomic E-state index is 8.83. The Morgan fingerprint density at radius 2 is 1.20 bits per heavy atom. The van der Waals surface area contributed by atoms with Gasteiger partial charge < -0.3 is 9.47 Å². The van der Waals surface area contributed by atoms with Crippen LogP contribution >= 0.6 is 0 Å². The summed E-state index contributed by atoms with van der Waals surface area (Å²) < 4.78 is 9.17. The first-order valence-electron chi connectivity index (χ1n) is 5.09. The molecule has 4 nitrogen and oxygen atoms in total. The largest absolute Gasteiger partial charge is 0.505 e. The van der Waals surface area contributed by atoms with Gasteiger partial charge in [0.1, 0.15) is 0 Å². The fourth-order valence-electron chi connectivity index (χ4n) is 0.926. The number of benzene rings is 1. The molecule has 0 aliphatic carbocycles. The van der Waals surface area contributed by atoms with Gasteiger partial charge in [0, 0.05) is 0 Å². The molecule has 0 spiro atoms. The van der Waals surface area contributed by atoms with Crippen LogP contribution in [-0.2, 0) is 0 Å². The van der Waals surface area contributed by atoms with E-state index in [4.69, 9.17) is 10.2 Å². The third-order valence-electron chi connectivity index (χ3n) is 1.33. The summed E-state index contributed by atoms with van der Waals surface area (Å²) in [6.45, 7) is 8.00. The Morgan fingerprint density at radius 1 is 0.867 bits per heavy atom. The number of ether oxygens (including phenoxy) is 2. The predicted molar refractivity (Wildman–Crippen MR) is 57.6 cm³/mol. The number of hydrogen-bond acceptors (Lipinski definition) is 4. The average molecular weight is 214 g/mol. The Morgan fingerprint density at radius 3 is 1.53 bits per heavy atom. The molecule has 0 aromatic heterocycles. The van der Waals surface area contributed by atoms with Crippen molar-refractivity contribution in [2.45, 2.75) is 33.9 Å². The van der Waals surface area contributed by atoms with Gasteiger partial charge in [-0.25, -0.2) is 0 Å². The van der Waals surface area contributed by atoms with E-state index in [9.17, 15) is 0 Å². The van der Waals surface area contributed by atoms with Crippen LogP contribution in [0.4, 0.5) is 0 Å². The number of fused-ring (bicyclic) bond motifs is 1. The fourth-order valence-corrected chi connectivity index (χ4v) is 0.926. The van der Waals surface area contributed by atoms with E-state index in [0.717, 1.165) is 0 Å². The maximum absolute atomic E-state index is 8.83. The van der Waals surface area contributed by atoms with Gasteiger partial charge in [-0.15, -0.1) is 0 Å². The fraction of sp³-hybridized carbons (Fsp3) is 0.455. The highest BCUT2D eigenvalue weighted by Crippen LogP contribution is 2.36. The Hall–Kier alpha value is -1.26. The van der Waals surface area contributed by atoms with E-state index in [1.807, 2.05) is 27.7 Å². The van der Waals surface area contributed by atoms with E-state index in [1.165, 1.54) is 0 Å². The van der Waals surface area contributed by atoms with Gasteiger partial charge in [0.2, 0.25) is 0 Å². The summed E-state index contributed by atoms with van der Waals surface area (Å²) in [5.41, 5.74) is 0. The van der Waals surface area contributed by atoms with Crippen LogP contribution in [0.2, 0.25) is 0 Å². The molecule has 1 aromatic rings. The molecule has 2 N–H and O–H groups in total. The number of rotatable bonds is 0. The Labute approximate surface area is 90.1 Å².